The lowest BCUT2D eigenvalue weighted by atomic mass is 10.2. The van der Waals surface area contributed by atoms with Gasteiger partial charge in [0.15, 0.2) is 6.61 Å². The van der Waals surface area contributed by atoms with Gasteiger partial charge in [0.05, 0.1) is 15.9 Å². The first kappa shape index (κ1) is 26.5. The summed E-state index contributed by atoms with van der Waals surface area (Å²) in [5.74, 6) is 0.554. The van der Waals surface area contributed by atoms with Gasteiger partial charge in [0.2, 0.25) is 0 Å². The third-order valence-corrected chi connectivity index (χ3v) is 7.01. The van der Waals surface area contributed by atoms with Gasteiger partial charge in [-0.3, -0.25) is 19.3 Å². The molecule has 3 aromatic rings. The minimum Gasteiger partial charge on any atom is -0.492 e. The van der Waals surface area contributed by atoms with Crippen LogP contribution in [0.3, 0.4) is 0 Å². The fourth-order valence-corrected chi connectivity index (χ4v) is 4.95. The number of thioether (sulfide) groups is 1. The van der Waals surface area contributed by atoms with Gasteiger partial charge in [-0.05, 0) is 94.6 Å². The SMILES string of the molecule is Cc1cccc(OCCN2C(=O)S/C(=C\c3ccc(OCC(=O)Nc4ccccc4C)c(Br)c3)C2=O)c1. The monoisotopic (exact) mass is 580 g/mol. The van der Waals surface area contributed by atoms with Crippen LogP contribution in [0.2, 0.25) is 0 Å². The number of nitrogens with one attached hydrogen (secondary N) is 1. The lowest BCUT2D eigenvalue weighted by Crippen LogP contribution is -2.32. The van der Waals surface area contributed by atoms with Crippen LogP contribution in [0.5, 0.6) is 11.5 Å². The smallest absolute Gasteiger partial charge is 0.293 e. The minimum absolute atomic E-state index is 0.157. The fraction of sp³-hybridized carbons (Fsp3) is 0.179. The molecule has 0 unspecified atom stereocenters. The molecule has 190 valence electrons. The number of hydrogen-bond donors (Lipinski definition) is 1. The van der Waals surface area contributed by atoms with Crippen LogP contribution in [-0.2, 0) is 9.59 Å². The Morgan fingerprint density at radius 1 is 1.03 bits per heavy atom. The molecule has 4 rings (SSSR count). The van der Waals surface area contributed by atoms with Crippen LogP contribution in [0.25, 0.3) is 6.08 Å². The maximum atomic E-state index is 12.8. The lowest BCUT2D eigenvalue weighted by Gasteiger charge is -2.13. The van der Waals surface area contributed by atoms with Crippen LogP contribution in [0, 0.1) is 13.8 Å². The van der Waals surface area contributed by atoms with Gasteiger partial charge in [0.25, 0.3) is 17.1 Å². The number of ether oxygens (including phenoxy) is 2. The van der Waals surface area contributed by atoms with Crippen LogP contribution in [0.4, 0.5) is 10.5 Å². The molecule has 0 aromatic heterocycles. The van der Waals surface area contributed by atoms with E-state index in [0.29, 0.717) is 26.4 Å². The Morgan fingerprint density at radius 2 is 1.84 bits per heavy atom. The second kappa shape index (κ2) is 12.1. The van der Waals surface area contributed by atoms with Crippen molar-refractivity contribution in [3.8, 4) is 11.5 Å². The second-order valence-corrected chi connectivity index (χ2v) is 10.2. The summed E-state index contributed by atoms with van der Waals surface area (Å²) in [6.07, 6.45) is 1.66. The Balaban J connectivity index is 1.32. The van der Waals surface area contributed by atoms with Crippen molar-refractivity contribution in [2.45, 2.75) is 13.8 Å². The Kier molecular flexibility index (Phi) is 8.68. The first-order valence-electron chi connectivity index (χ1n) is 11.5. The molecule has 1 heterocycles. The summed E-state index contributed by atoms with van der Waals surface area (Å²) in [4.78, 5) is 39.0. The second-order valence-electron chi connectivity index (χ2n) is 8.34. The molecule has 0 radical (unpaired) electrons. The van der Waals surface area contributed by atoms with Gasteiger partial charge in [0.1, 0.15) is 18.1 Å². The maximum absolute atomic E-state index is 12.8. The number of amides is 3. The van der Waals surface area contributed by atoms with E-state index in [2.05, 4.69) is 21.2 Å². The molecule has 0 saturated carbocycles. The molecule has 1 fully saturated rings. The maximum Gasteiger partial charge on any atom is 0.293 e. The zero-order valence-corrected chi connectivity index (χ0v) is 22.7. The highest BCUT2D eigenvalue weighted by Crippen LogP contribution is 2.34. The molecule has 3 amide bonds. The molecule has 9 heteroatoms. The molecule has 1 N–H and O–H groups in total. The third-order valence-electron chi connectivity index (χ3n) is 5.48. The van der Waals surface area contributed by atoms with Crippen molar-refractivity contribution < 1.29 is 23.9 Å². The molecule has 1 aliphatic heterocycles. The largest absolute Gasteiger partial charge is 0.492 e. The van der Waals surface area contributed by atoms with E-state index >= 15 is 0 Å². The number of benzene rings is 3. The number of carbonyl (C=O) groups excluding carboxylic acids is 3. The zero-order valence-electron chi connectivity index (χ0n) is 20.3. The number of imide groups is 1. The molecule has 3 aromatic carbocycles. The van der Waals surface area contributed by atoms with E-state index in [1.807, 2.05) is 62.4 Å². The van der Waals surface area contributed by atoms with Crippen LogP contribution in [-0.4, -0.2) is 41.7 Å². The van der Waals surface area contributed by atoms with E-state index in [1.54, 1.807) is 24.3 Å². The highest BCUT2D eigenvalue weighted by Gasteiger charge is 2.34. The molecule has 0 aliphatic carbocycles. The summed E-state index contributed by atoms with van der Waals surface area (Å²) in [7, 11) is 0. The standard InChI is InChI=1S/C28H25BrN2O5S/c1-18-6-5-8-21(14-18)35-13-12-31-27(33)25(37-28(31)34)16-20-10-11-24(22(29)15-20)36-17-26(32)30-23-9-4-3-7-19(23)2/h3-11,14-16H,12-13,17H2,1-2H3,(H,30,32)/b25-16-. The predicted molar refractivity (Wildman–Crippen MR) is 149 cm³/mol. The summed E-state index contributed by atoms with van der Waals surface area (Å²) in [5, 5.41) is 2.49. The first-order valence-corrected chi connectivity index (χ1v) is 13.1. The van der Waals surface area contributed by atoms with Crippen molar-refractivity contribution in [3.63, 3.8) is 0 Å². The van der Waals surface area contributed by atoms with Crippen LogP contribution in [0.1, 0.15) is 16.7 Å². The Bertz CT molecular complexity index is 1370. The van der Waals surface area contributed by atoms with Gasteiger partial charge in [-0.1, -0.05) is 36.4 Å². The van der Waals surface area contributed by atoms with Gasteiger partial charge in [-0.2, -0.15) is 0 Å². The molecule has 1 aliphatic rings. The number of aryl methyl sites for hydroxylation is 2. The summed E-state index contributed by atoms with van der Waals surface area (Å²) >= 11 is 4.35. The van der Waals surface area contributed by atoms with Crippen molar-refractivity contribution in [2.24, 2.45) is 0 Å². The van der Waals surface area contributed by atoms with Crippen molar-refractivity contribution in [2.75, 3.05) is 25.1 Å². The number of rotatable bonds is 9. The van der Waals surface area contributed by atoms with E-state index in [-0.39, 0.29) is 36.8 Å². The Hall–Kier alpha value is -3.56. The summed E-state index contributed by atoms with van der Waals surface area (Å²) in [5.41, 5.74) is 3.48. The van der Waals surface area contributed by atoms with Crippen LogP contribution >= 0.6 is 27.7 Å². The topological polar surface area (TPSA) is 84.9 Å². The molecule has 37 heavy (non-hydrogen) atoms. The normalized spacial score (nSPS) is 14.2. The van der Waals surface area contributed by atoms with Crippen LogP contribution in [0.15, 0.2) is 76.1 Å². The first-order chi connectivity index (χ1) is 17.8. The number of carbonyl (C=O) groups is 3. The van der Waals surface area contributed by atoms with Crippen molar-refractivity contribution in [3.05, 3.63) is 92.8 Å². The fourth-order valence-electron chi connectivity index (χ4n) is 3.57. The molecule has 7 nitrogen and oxygen atoms in total. The number of nitrogens with zero attached hydrogens (tertiary/aromatic N) is 1. The molecule has 1 saturated heterocycles. The third kappa shape index (κ3) is 7.02. The summed E-state index contributed by atoms with van der Waals surface area (Å²) in [6.45, 7) is 4.10. The lowest BCUT2D eigenvalue weighted by molar-refractivity contribution is -0.123. The van der Waals surface area contributed by atoms with Gasteiger partial charge < -0.3 is 14.8 Å². The zero-order chi connectivity index (χ0) is 26.4. The minimum atomic E-state index is -0.354. The van der Waals surface area contributed by atoms with Gasteiger partial charge in [-0.15, -0.1) is 0 Å². The molecule has 0 spiro atoms. The number of hydrogen-bond acceptors (Lipinski definition) is 6. The van der Waals surface area contributed by atoms with Crippen molar-refractivity contribution >= 4 is 56.5 Å². The number of para-hydroxylation sites is 1. The average molecular weight is 581 g/mol. The van der Waals surface area contributed by atoms with Crippen molar-refractivity contribution in [1.29, 1.82) is 0 Å². The highest BCUT2D eigenvalue weighted by atomic mass is 79.9. The van der Waals surface area contributed by atoms with E-state index in [0.717, 1.165) is 28.6 Å². The summed E-state index contributed by atoms with van der Waals surface area (Å²) < 4.78 is 12.0. The van der Waals surface area contributed by atoms with E-state index < -0.39 is 0 Å². The van der Waals surface area contributed by atoms with E-state index in [4.69, 9.17) is 9.47 Å². The highest BCUT2D eigenvalue weighted by molar-refractivity contribution is 9.10. The van der Waals surface area contributed by atoms with Gasteiger partial charge in [-0.25, -0.2) is 0 Å². The Morgan fingerprint density at radius 3 is 2.59 bits per heavy atom. The van der Waals surface area contributed by atoms with E-state index in [1.165, 1.54) is 4.90 Å². The molecule has 0 bridgehead atoms. The van der Waals surface area contributed by atoms with Gasteiger partial charge >= 0.3 is 0 Å². The predicted octanol–water partition coefficient (Wildman–Crippen LogP) is 6.20. The molecule has 0 atom stereocenters. The number of halogens is 1. The van der Waals surface area contributed by atoms with E-state index in [9.17, 15) is 14.4 Å². The number of anilines is 1. The summed E-state index contributed by atoms with van der Waals surface area (Å²) in [6, 6.07) is 20.3. The molecular formula is C28H25BrN2O5S. The van der Waals surface area contributed by atoms with Crippen LogP contribution < -0.4 is 14.8 Å². The Labute approximate surface area is 228 Å². The van der Waals surface area contributed by atoms with Crippen molar-refractivity contribution in [1.82, 2.24) is 4.90 Å². The molecular weight excluding hydrogens is 556 g/mol. The van der Waals surface area contributed by atoms with Gasteiger partial charge in [0, 0.05) is 5.69 Å². The average Bonchev–Trinajstić information content (AvgIpc) is 3.12. The quantitative estimate of drug-likeness (QED) is 0.303.